The Labute approximate surface area is 222 Å². The molecule has 3 aliphatic rings. The molecule has 204 valence electrons. The Morgan fingerprint density at radius 3 is 2.11 bits per heavy atom. The van der Waals surface area contributed by atoms with Gasteiger partial charge in [0.15, 0.2) is 0 Å². The van der Waals surface area contributed by atoms with Crippen LogP contribution < -0.4 is 11.1 Å². The fourth-order valence-corrected chi connectivity index (χ4v) is 6.81. The normalized spacial score (nSPS) is 28.4. The summed E-state index contributed by atoms with van der Waals surface area (Å²) in [6.07, 6.45) is 8.20. The second-order valence-corrected chi connectivity index (χ2v) is 12.5. The lowest BCUT2D eigenvalue weighted by molar-refractivity contribution is -0.141. The number of amides is 3. The maximum atomic E-state index is 13.4. The molecule has 2 saturated carbocycles. The van der Waals surface area contributed by atoms with E-state index in [9.17, 15) is 14.4 Å². The van der Waals surface area contributed by atoms with Gasteiger partial charge in [0, 0.05) is 38.1 Å². The van der Waals surface area contributed by atoms with Crippen LogP contribution in [0.5, 0.6) is 0 Å². The van der Waals surface area contributed by atoms with E-state index in [1.54, 1.807) is 0 Å². The van der Waals surface area contributed by atoms with Crippen molar-refractivity contribution in [2.24, 2.45) is 28.9 Å². The summed E-state index contributed by atoms with van der Waals surface area (Å²) in [7, 11) is 0. The van der Waals surface area contributed by atoms with Crippen molar-refractivity contribution in [3.63, 3.8) is 0 Å². The molecule has 3 amide bonds. The molecule has 37 heavy (non-hydrogen) atoms. The number of carbonyl (C=O) groups is 3. The topological polar surface area (TPSA) is 95.7 Å². The third kappa shape index (κ3) is 6.73. The summed E-state index contributed by atoms with van der Waals surface area (Å²) >= 11 is 0. The molecule has 4 rings (SSSR count). The molecular formula is C30H46N4O3. The molecule has 0 spiro atoms. The van der Waals surface area contributed by atoms with Crippen molar-refractivity contribution in [2.75, 3.05) is 26.2 Å². The van der Waals surface area contributed by atoms with Gasteiger partial charge >= 0.3 is 0 Å². The summed E-state index contributed by atoms with van der Waals surface area (Å²) in [6.45, 7) is 10.0. The molecule has 0 radical (unpaired) electrons. The zero-order valence-electron chi connectivity index (χ0n) is 23.0. The van der Waals surface area contributed by atoms with Crippen molar-refractivity contribution in [1.29, 1.82) is 0 Å². The SMILES string of the molecule is CC(C)(C)C1CCC(C(=O)N2CCN([C@@H]3CCCC[C@H]3C(=O)N[C@H](C(N)=O)c3ccccc3)CC2)CC1. The van der Waals surface area contributed by atoms with Gasteiger partial charge in [-0.25, -0.2) is 0 Å². The van der Waals surface area contributed by atoms with Crippen LogP contribution in [0.25, 0.3) is 0 Å². The Hall–Kier alpha value is -2.41. The number of hydrogen-bond acceptors (Lipinski definition) is 4. The van der Waals surface area contributed by atoms with Gasteiger partial charge in [-0.15, -0.1) is 0 Å². The molecule has 0 aromatic heterocycles. The Balaban J connectivity index is 1.32. The number of nitrogens with zero attached hydrogens (tertiary/aromatic N) is 2. The Kier molecular flexibility index (Phi) is 8.94. The Morgan fingerprint density at radius 1 is 0.892 bits per heavy atom. The summed E-state index contributed by atoms with van der Waals surface area (Å²) in [5.41, 5.74) is 6.68. The van der Waals surface area contributed by atoms with Crippen LogP contribution in [0.15, 0.2) is 30.3 Å². The lowest BCUT2D eigenvalue weighted by Gasteiger charge is -2.45. The summed E-state index contributed by atoms with van der Waals surface area (Å²) in [6, 6.07) is 8.52. The second kappa shape index (κ2) is 12.0. The van der Waals surface area contributed by atoms with Gasteiger partial charge in [0.05, 0.1) is 5.92 Å². The van der Waals surface area contributed by atoms with Crippen LogP contribution in [0.2, 0.25) is 0 Å². The van der Waals surface area contributed by atoms with Crippen LogP contribution in [-0.2, 0) is 14.4 Å². The van der Waals surface area contributed by atoms with Crippen molar-refractivity contribution >= 4 is 17.7 Å². The van der Waals surface area contributed by atoms with Crippen molar-refractivity contribution in [1.82, 2.24) is 15.1 Å². The molecule has 1 saturated heterocycles. The molecular weight excluding hydrogens is 464 g/mol. The largest absolute Gasteiger partial charge is 0.368 e. The number of piperazine rings is 1. The summed E-state index contributed by atoms with van der Waals surface area (Å²) < 4.78 is 0. The van der Waals surface area contributed by atoms with Gasteiger partial charge in [0.25, 0.3) is 0 Å². The van der Waals surface area contributed by atoms with Crippen LogP contribution in [0.1, 0.15) is 83.7 Å². The molecule has 1 aliphatic heterocycles. The van der Waals surface area contributed by atoms with Crippen molar-refractivity contribution in [3.8, 4) is 0 Å². The van der Waals surface area contributed by atoms with E-state index in [4.69, 9.17) is 5.73 Å². The van der Waals surface area contributed by atoms with Gasteiger partial charge in [-0.05, 0) is 55.4 Å². The van der Waals surface area contributed by atoms with Crippen LogP contribution in [-0.4, -0.2) is 59.7 Å². The lowest BCUT2D eigenvalue weighted by atomic mass is 9.69. The van der Waals surface area contributed by atoms with Gasteiger partial charge < -0.3 is 16.0 Å². The van der Waals surface area contributed by atoms with Crippen LogP contribution in [0.4, 0.5) is 0 Å². The number of hydrogen-bond donors (Lipinski definition) is 2. The number of primary amides is 1. The van der Waals surface area contributed by atoms with E-state index in [1.165, 1.54) is 0 Å². The first kappa shape index (κ1) is 27.6. The average molecular weight is 511 g/mol. The number of nitrogens with one attached hydrogen (secondary N) is 1. The van der Waals surface area contributed by atoms with Gasteiger partial charge in [-0.1, -0.05) is 63.9 Å². The first-order valence-electron chi connectivity index (χ1n) is 14.3. The molecule has 1 heterocycles. The van der Waals surface area contributed by atoms with E-state index < -0.39 is 11.9 Å². The summed E-state index contributed by atoms with van der Waals surface area (Å²) in [5, 5.41) is 2.95. The highest BCUT2D eigenvalue weighted by molar-refractivity contribution is 5.88. The fourth-order valence-electron chi connectivity index (χ4n) is 6.81. The highest BCUT2D eigenvalue weighted by Crippen LogP contribution is 2.40. The minimum Gasteiger partial charge on any atom is -0.368 e. The van der Waals surface area contributed by atoms with E-state index in [0.717, 1.165) is 77.5 Å². The highest BCUT2D eigenvalue weighted by Gasteiger charge is 2.39. The van der Waals surface area contributed by atoms with Crippen molar-refractivity contribution < 1.29 is 14.4 Å². The smallest absolute Gasteiger partial charge is 0.244 e. The Morgan fingerprint density at radius 2 is 1.51 bits per heavy atom. The zero-order chi connectivity index (χ0) is 26.6. The average Bonchev–Trinajstić information content (AvgIpc) is 2.91. The molecule has 0 bridgehead atoms. The van der Waals surface area contributed by atoms with E-state index in [0.29, 0.717) is 22.8 Å². The predicted octanol–water partition coefficient (Wildman–Crippen LogP) is 3.88. The molecule has 3 N–H and O–H groups in total. The van der Waals surface area contributed by atoms with E-state index in [1.807, 2.05) is 30.3 Å². The maximum absolute atomic E-state index is 13.4. The molecule has 7 nitrogen and oxygen atoms in total. The molecule has 3 atom stereocenters. The van der Waals surface area contributed by atoms with Crippen LogP contribution in [0.3, 0.4) is 0 Å². The van der Waals surface area contributed by atoms with Crippen molar-refractivity contribution in [3.05, 3.63) is 35.9 Å². The third-order valence-corrected chi connectivity index (χ3v) is 9.17. The van der Waals surface area contributed by atoms with E-state index in [2.05, 4.69) is 35.9 Å². The summed E-state index contributed by atoms with van der Waals surface area (Å²) in [5.74, 6) is 0.397. The Bertz CT molecular complexity index is 928. The highest BCUT2D eigenvalue weighted by atomic mass is 16.2. The zero-order valence-corrected chi connectivity index (χ0v) is 23.0. The maximum Gasteiger partial charge on any atom is 0.244 e. The lowest BCUT2D eigenvalue weighted by Crippen LogP contribution is -2.57. The van der Waals surface area contributed by atoms with E-state index >= 15 is 0 Å². The number of rotatable bonds is 6. The summed E-state index contributed by atoms with van der Waals surface area (Å²) in [4.78, 5) is 43.3. The molecule has 3 fully saturated rings. The molecule has 2 aliphatic carbocycles. The first-order chi connectivity index (χ1) is 17.6. The fraction of sp³-hybridized carbons (Fsp3) is 0.700. The third-order valence-electron chi connectivity index (χ3n) is 9.17. The first-order valence-corrected chi connectivity index (χ1v) is 14.3. The molecule has 1 aromatic carbocycles. The van der Waals surface area contributed by atoms with Gasteiger partial charge in [0.2, 0.25) is 17.7 Å². The van der Waals surface area contributed by atoms with Crippen molar-refractivity contribution in [2.45, 2.75) is 84.2 Å². The standard InChI is InChI=1S/C30H46N4O3/c1-30(2,3)23-15-13-22(14-16-23)29(37)34-19-17-33(18-20-34)25-12-8-7-11-24(25)28(36)32-26(27(31)35)21-9-5-4-6-10-21/h4-6,9-10,22-26H,7-8,11-20H2,1-3H3,(H2,31,35)(H,32,36)/t22?,23?,24-,25-,26+/m1/s1. The van der Waals surface area contributed by atoms with Gasteiger partial charge in [-0.3, -0.25) is 19.3 Å². The van der Waals surface area contributed by atoms with E-state index in [-0.39, 0.29) is 23.8 Å². The van der Waals surface area contributed by atoms with Crippen LogP contribution >= 0.6 is 0 Å². The van der Waals surface area contributed by atoms with Gasteiger partial charge in [0.1, 0.15) is 6.04 Å². The molecule has 0 unspecified atom stereocenters. The number of benzene rings is 1. The predicted molar refractivity (Wildman–Crippen MR) is 145 cm³/mol. The molecule has 1 aromatic rings. The molecule has 7 heteroatoms. The van der Waals surface area contributed by atoms with Crippen LogP contribution in [0, 0.1) is 23.2 Å². The number of nitrogens with two attached hydrogens (primary N) is 1. The minimum atomic E-state index is -0.820. The monoisotopic (exact) mass is 510 g/mol. The quantitative estimate of drug-likeness (QED) is 0.607. The van der Waals surface area contributed by atoms with Gasteiger partial charge in [-0.2, -0.15) is 0 Å². The minimum absolute atomic E-state index is 0.0912. The number of carbonyl (C=O) groups excluding carboxylic acids is 3. The second-order valence-electron chi connectivity index (χ2n) is 12.5.